The molecule has 0 bridgehead atoms. The highest BCUT2D eigenvalue weighted by atomic mass is 127. The summed E-state index contributed by atoms with van der Waals surface area (Å²) in [5, 5.41) is 12.7. The first-order valence-electron chi connectivity index (χ1n) is 7.11. The Balaban J connectivity index is 2.42. The van der Waals surface area contributed by atoms with Crippen molar-refractivity contribution in [1.29, 1.82) is 0 Å². The number of ether oxygens (including phenoxy) is 1. The predicted octanol–water partition coefficient (Wildman–Crippen LogP) is 2.65. The number of likely N-dealkylation sites (N-methyl/N-ethyl adjacent to an activating group) is 1. The Morgan fingerprint density at radius 1 is 1.41 bits per heavy atom. The zero-order valence-electron chi connectivity index (χ0n) is 13.1. The van der Waals surface area contributed by atoms with Crippen LogP contribution in [-0.2, 0) is 4.79 Å². The summed E-state index contributed by atoms with van der Waals surface area (Å²) in [6.45, 7) is 4.95. The molecule has 5 nitrogen and oxygen atoms in total. The molecule has 0 radical (unpaired) electrons. The van der Waals surface area contributed by atoms with Crippen molar-refractivity contribution >= 4 is 34.2 Å². The van der Waals surface area contributed by atoms with Crippen LogP contribution in [0.4, 0.5) is 5.69 Å². The number of rotatable bonds is 8. The predicted molar refractivity (Wildman–Crippen MR) is 97.5 cm³/mol. The van der Waals surface area contributed by atoms with Crippen LogP contribution in [0.5, 0.6) is 5.75 Å². The Morgan fingerprint density at radius 2 is 2.05 bits per heavy atom. The molecular formula is C16H23IN2O3. The number of carbonyl (C=O) groups excluding carboxylic acids is 1. The third-order valence-corrected chi connectivity index (χ3v) is 3.52. The van der Waals surface area contributed by atoms with Crippen LogP contribution in [0.25, 0.3) is 0 Å². The number of hydrogen-bond donors (Lipinski definition) is 2. The maximum absolute atomic E-state index is 11.4. The molecule has 0 fully saturated rings. The van der Waals surface area contributed by atoms with E-state index >= 15 is 0 Å². The number of amides is 1. The lowest BCUT2D eigenvalue weighted by molar-refractivity contribution is -0.111. The van der Waals surface area contributed by atoms with Gasteiger partial charge in [0.25, 0.3) is 0 Å². The standard InChI is InChI=1S/C16H23IN2O3/c1-12(2)19(3)10-14(20)11-22-15-6-4-13(5-7-15)18-16(21)8-9-17/h4-9,12,14,20H,10-11H2,1-3H3,(H,18,21)/b9-8-. The van der Waals surface area contributed by atoms with E-state index in [0.29, 0.717) is 24.0 Å². The molecule has 0 aliphatic rings. The van der Waals surface area contributed by atoms with Gasteiger partial charge in [0.05, 0.1) is 0 Å². The van der Waals surface area contributed by atoms with Crippen molar-refractivity contribution in [2.45, 2.75) is 26.0 Å². The molecule has 1 aromatic carbocycles. The number of anilines is 1. The van der Waals surface area contributed by atoms with Crippen molar-refractivity contribution in [2.24, 2.45) is 0 Å². The largest absolute Gasteiger partial charge is 0.491 e. The van der Waals surface area contributed by atoms with Crippen LogP contribution in [-0.4, -0.2) is 48.3 Å². The van der Waals surface area contributed by atoms with Crippen LogP contribution >= 0.6 is 22.6 Å². The number of aliphatic hydroxyl groups excluding tert-OH is 1. The van der Waals surface area contributed by atoms with Crippen LogP contribution in [0.1, 0.15) is 13.8 Å². The van der Waals surface area contributed by atoms with E-state index in [1.54, 1.807) is 28.3 Å². The lowest BCUT2D eigenvalue weighted by Gasteiger charge is -2.24. The molecule has 0 saturated heterocycles. The fourth-order valence-corrected chi connectivity index (χ4v) is 1.99. The molecule has 0 spiro atoms. The Bertz CT molecular complexity index is 489. The highest BCUT2D eigenvalue weighted by Gasteiger charge is 2.11. The topological polar surface area (TPSA) is 61.8 Å². The smallest absolute Gasteiger partial charge is 0.248 e. The Labute approximate surface area is 145 Å². The summed E-state index contributed by atoms with van der Waals surface area (Å²) < 4.78 is 7.20. The van der Waals surface area contributed by atoms with E-state index in [4.69, 9.17) is 4.74 Å². The van der Waals surface area contributed by atoms with Gasteiger partial charge in [-0.05, 0) is 49.2 Å². The quantitative estimate of drug-likeness (QED) is 0.504. The molecule has 0 aliphatic carbocycles. The van der Waals surface area contributed by atoms with Crippen molar-refractivity contribution in [2.75, 3.05) is 25.5 Å². The average Bonchev–Trinajstić information content (AvgIpc) is 2.46. The Kier molecular flexibility index (Phi) is 8.44. The number of nitrogens with zero attached hydrogens (tertiary/aromatic N) is 1. The lowest BCUT2D eigenvalue weighted by Crippen LogP contribution is -2.36. The Morgan fingerprint density at radius 3 is 2.59 bits per heavy atom. The summed E-state index contributed by atoms with van der Waals surface area (Å²) in [4.78, 5) is 13.5. The zero-order chi connectivity index (χ0) is 16.5. The van der Waals surface area contributed by atoms with Gasteiger partial charge in [0, 0.05) is 24.4 Å². The number of aliphatic hydroxyl groups is 1. The van der Waals surface area contributed by atoms with E-state index in [0.717, 1.165) is 0 Å². The average molecular weight is 418 g/mol. The van der Waals surface area contributed by atoms with Crippen LogP contribution in [0, 0.1) is 0 Å². The normalized spacial score (nSPS) is 12.9. The summed E-state index contributed by atoms with van der Waals surface area (Å²) >= 11 is 1.99. The van der Waals surface area contributed by atoms with Crippen molar-refractivity contribution in [3.05, 3.63) is 34.4 Å². The molecule has 1 unspecified atom stereocenters. The van der Waals surface area contributed by atoms with Gasteiger partial charge in [-0.15, -0.1) is 0 Å². The monoisotopic (exact) mass is 418 g/mol. The molecule has 6 heteroatoms. The van der Waals surface area contributed by atoms with Crippen molar-refractivity contribution in [3.8, 4) is 5.75 Å². The third kappa shape index (κ3) is 7.24. The summed E-state index contributed by atoms with van der Waals surface area (Å²) in [5.74, 6) is 0.490. The molecule has 2 N–H and O–H groups in total. The summed E-state index contributed by atoms with van der Waals surface area (Å²) in [6, 6.07) is 7.45. The van der Waals surface area contributed by atoms with Crippen LogP contribution in [0.15, 0.2) is 34.4 Å². The first-order valence-corrected chi connectivity index (χ1v) is 8.36. The van der Waals surface area contributed by atoms with E-state index in [1.165, 1.54) is 6.08 Å². The number of halogens is 1. The Hall–Kier alpha value is -1.12. The van der Waals surface area contributed by atoms with Gasteiger partial charge in [0.2, 0.25) is 5.91 Å². The molecule has 1 rings (SSSR count). The van der Waals surface area contributed by atoms with Crippen molar-refractivity contribution in [3.63, 3.8) is 0 Å². The van der Waals surface area contributed by atoms with Gasteiger partial charge in [-0.3, -0.25) is 4.79 Å². The summed E-state index contributed by atoms with van der Waals surface area (Å²) in [7, 11) is 1.97. The maximum Gasteiger partial charge on any atom is 0.248 e. The van der Waals surface area contributed by atoms with Crippen molar-refractivity contribution in [1.82, 2.24) is 4.90 Å². The number of nitrogens with one attached hydrogen (secondary N) is 1. The van der Waals surface area contributed by atoms with Crippen molar-refractivity contribution < 1.29 is 14.6 Å². The fraction of sp³-hybridized carbons (Fsp3) is 0.438. The van der Waals surface area contributed by atoms with Crippen LogP contribution in [0.3, 0.4) is 0 Å². The van der Waals surface area contributed by atoms with E-state index in [9.17, 15) is 9.90 Å². The molecule has 1 aromatic rings. The second-order valence-electron chi connectivity index (χ2n) is 5.30. The first kappa shape index (κ1) is 18.9. The van der Waals surface area contributed by atoms with Gasteiger partial charge in [-0.2, -0.15) is 0 Å². The lowest BCUT2D eigenvalue weighted by atomic mass is 10.2. The third-order valence-electron chi connectivity index (χ3n) is 3.16. The second kappa shape index (κ2) is 9.81. The summed E-state index contributed by atoms with van der Waals surface area (Å²) in [5.41, 5.74) is 0.701. The molecule has 22 heavy (non-hydrogen) atoms. The van der Waals surface area contributed by atoms with E-state index in [-0.39, 0.29) is 12.5 Å². The van der Waals surface area contributed by atoms with Crippen LogP contribution < -0.4 is 10.1 Å². The number of carbonyl (C=O) groups is 1. The molecule has 0 aliphatic heterocycles. The minimum atomic E-state index is -0.541. The first-order chi connectivity index (χ1) is 10.4. The molecular weight excluding hydrogens is 395 g/mol. The molecule has 0 heterocycles. The van der Waals surface area contributed by atoms with Gasteiger partial charge >= 0.3 is 0 Å². The maximum atomic E-state index is 11.4. The van der Waals surface area contributed by atoms with E-state index in [1.807, 2.05) is 29.6 Å². The van der Waals surface area contributed by atoms with Gasteiger partial charge in [0.15, 0.2) is 0 Å². The molecule has 1 atom stereocenters. The molecule has 0 saturated carbocycles. The van der Waals surface area contributed by atoms with Gasteiger partial charge in [0.1, 0.15) is 18.5 Å². The minimum absolute atomic E-state index is 0.171. The molecule has 0 aromatic heterocycles. The molecule has 122 valence electrons. The highest BCUT2D eigenvalue weighted by molar-refractivity contribution is 14.1. The number of benzene rings is 1. The molecule has 1 amide bonds. The van der Waals surface area contributed by atoms with Gasteiger partial charge in [-0.1, -0.05) is 22.6 Å². The summed E-state index contributed by atoms with van der Waals surface area (Å²) in [6.07, 6.45) is 0.910. The van der Waals surface area contributed by atoms with E-state index in [2.05, 4.69) is 24.1 Å². The van der Waals surface area contributed by atoms with Gasteiger partial charge in [-0.25, -0.2) is 0 Å². The van der Waals surface area contributed by atoms with Gasteiger partial charge < -0.3 is 20.1 Å². The minimum Gasteiger partial charge on any atom is -0.491 e. The highest BCUT2D eigenvalue weighted by Crippen LogP contribution is 2.16. The van der Waals surface area contributed by atoms with E-state index < -0.39 is 6.10 Å². The number of hydrogen-bond acceptors (Lipinski definition) is 4. The zero-order valence-corrected chi connectivity index (χ0v) is 15.3. The fourth-order valence-electron chi connectivity index (χ4n) is 1.66. The SMILES string of the molecule is CC(C)N(C)CC(O)COc1ccc(NC(=O)/C=C\I)cc1. The second-order valence-corrected chi connectivity index (χ2v) is 6.02. The van der Waals surface area contributed by atoms with Crippen LogP contribution in [0.2, 0.25) is 0 Å².